The van der Waals surface area contributed by atoms with Gasteiger partial charge in [0, 0.05) is 103 Å². The van der Waals surface area contributed by atoms with E-state index in [1.165, 1.54) is 0 Å². The molecule has 0 aliphatic carbocycles. The van der Waals surface area contributed by atoms with Crippen molar-refractivity contribution >= 4 is 118 Å². The van der Waals surface area contributed by atoms with Crippen LogP contribution in [-0.4, -0.2) is 146 Å². The minimum absolute atomic E-state index is 0. The van der Waals surface area contributed by atoms with Crippen molar-refractivity contribution in [3.05, 3.63) is 0 Å². The van der Waals surface area contributed by atoms with Crippen LogP contribution >= 0.6 is 15.2 Å². The van der Waals surface area contributed by atoms with Crippen molar-refractivity contribution in [3.8, 4) is 0 Å². The molecule has 0 rings (SSSR count). The van der Waals surface area contributed by atoms with Gasteiger partial charge in [-0.1, -0.05) is 13.3 Å². The zero-order valence-corrected chi connectivity index (χ0v) is 18.5. The Morgan fingerprint density at radius 3 is 1.53 bits per heavy atom. The van der Waals surface area contributed by atoms with Crippen LogP contribution in [0.4, 0.5) is 0 Å². The van der Waals surface area contributed by atoms with Crippen molar-refractivity contribution in [2.75, 3.05) is 19.1 Å². The van der Waals surface area contributed by atoms with Gasteiger partial charge in [0.15, 0.2) is 0 Å². The van der Waals surface area contributed by atoms with E-state index in [9.17, 15) is 9.13 Å². The summed E-state index contributed by atoms with van der Waals surface area (Å²) in [6.45, 7) is 2.15. The van der Waals surface area contributed by atoms with Crippen molar-refractivity contribution < 1.29 is 28.7 Å². The summed E-state index contributed by atoms with van der Waals surface area (Å²) in [5.41, 5.74) is 0. The predicted molar refractivity (Wildman–Crippen MR) is 66.9 cm³/mol. The molecule has 17 heavy (non-hydrogen) atoms. The molecule has 0 heterocycles. The molecule has 0 saturated heterocycles. The van der Waals surface area contributed by atoms with Crippen molar-refractivity contribution in [2.24, 2.45) is 0 Å². The van der Waals surface area contributed by atoms with Crippen LogP contribution in [0.2, 0.25) is 0 Å². The Hall–Kier alpha value is 3.53. The number of unbranched alkanes of at least 4 members (excludes halogenated alkanes) is 1. The molecular formula is C6H17K2NO6P2. The molecule has 0 saturated carbocycles. The maximum Gasteiger partial charge on any atom is 0.339 e. The zero-order valence-electron chi connectivity index (χ0n) is 10.5. The molecule has 0 bridgehead atoms. The van der Waals surface area contributed by atoms with Gasteiger partial charge in [0.2, 0.25) is 0 Å². The zero-order chi connectivity index (χ0) is 12.1. The van der Waals surface area contributed by atoms with E-state index in [4.69, 9.17) is 19.6 Å². The first-order valence-electron chi connectivity index (χ1n) is 4.45. The van der Waals surface area contributed by atoms with Crippen LogP contribution in [0.1, 0.15) is 19.8 Å². The first-order chi connectivity index (χ1) is 6.64. The average molecular weight is 339 g/mol. The Balaban J connectivity index is -0.000000980. The molecule has 0 aromatic carbocycles. The van der Waals surface area contributed by atoms with Gasteiger partial charge in [0.05, 0.1) is 0 Å². The minimum Gasteiger partial charge on any atom is -0.324 e. The Bertz CT molecular complexity index is 256. The SMILES string of the molecule is CCCCN(CP(=O)(O)O)CP(=O)(O)O.[K].[K]. The second-order valence-electron chi connectivity index (χ2n) is 3.36. The molecule has 0 aromatic rings. The van der Waals surface area contributed by atoms with Gasteiger partial charge in [-0.15, -0.1) is 0 Å². The second kappa shape index (κ2) is 12.1. The van der Waals surface area contributed by atoms with E-state index in [0.717, 1.165) is 11.3 Å². The maximum atomic E-state index is 10.7. The average Bonchev–Trinajstić information content (AvgIpc) is 1.94. The predicted octanol–water partition coefficient (Wildman–Crippen LogP) is -0.403. The third-order valence-corrected chi connectivity index (χ3v) is 3.13. The summed E-state index contributed by atoms with van der Waals surface area (Å²) in [4.78, 5) is 35.9. The summed E-state index contributed by atoms with van der Waals surface area (Å²) in [5, 5.41) is 0. The summed E-state index contributed by atoms with van der Waals surface area (Å²) in [6, 6.07) is 0. The van der Waals surface area contributed by atoms with Crippen molar-refractivity contribution in [1.82, 2.24) is 4.90 Å². The monoisotopic (exact) mass is 339 g/mol. The Labute approximate surface area is 186 Å². The van der Waals surface area contributed by atoms with E-state index < -0.39 is 27.8 Å². The van der Waals surface area contributed by atoms with E-state index in [1.807, 2.05) is 6.92 Å². The standard InChI is InChI=1S/C6H17NO6P2.2K/c1-2-3-4-7(5-14(8,9)10)6-15(11,12)13;;/h2-6H2,1H3,(H2,8,9,10)(H2,11,12,13);;. The Kier molecular flexibility index (Phi) is 18.2. The minimum atomic E-state index is -4.27. The van der Waals surface area contributed by atoms with E-state index in [0.29, 0.717) is 6.42 Å². The molecular weight excluding hydrogens is 322 g/mol. The Morgan fingerprint density at radius 1 is 0.941 bits per heavy atom. The summed E-state index contributed by atoms with van der Waals surface area (Å²) in [6.07, 6.45) is 0.203. The fourth-order valence-electron chi connectivity index (χ4n) is 1.09. The fourth-order valence-corrected chi connectivity index (χ4v) is 2.77. The normalized spacial score (nSPS) is 11.9. The third-order valence-electron chi connectivity index (χ3n) is 1.60. The van der Waals surface area contributed by atoms with Crippen LogP contribution in [0.25, 0.3) is 0 Å². The van der Waals surface area contributed by atoms with Crippen LogP contribution in [0, 0.1) is 0 Å². The second-order valence-corrected chi connectivity index (χ2v) is 6.58. The molecule has 11 heteroatoms. The molecule has 0 amide bonds. The topological polar surface area (TPSA) is 118 Å². The van der Waals surface area contributed by atoms with Crippen LogP contribution < -0.4 is 0 Å². The van der Waals surface area contributed by atoms with E-state index in [2.05, 4.69) is 0 Å². The van der Waals surface area contributed by atoms with Crippen LogP contribution in [-0.2, 0) is 9.13 Å². The maximum absolute atomic E-state index is 10.7. The number of rotatable bonds is 7. The van der Waals surface area contributed by atoms with Crippen LogP contribution in [0.3, 0.4) is 0 Å². The summed E-state index contributed by atoms with van der Waals surface area (Å²) in [7, 11) is -8.53. The van der Waals surface area contributed by atoms with Gasteiger partial charge in [0.1, 0.15) is 12.6 Å². The van der Waals surface area contributed by atoms with Gasteiger partial charge in [-0.3, -0.25) is 14.0 Å². The van der Waals surface area contributed by atoms with Crippen molar-refractivity contribution in [1.29, 1.82) is 0 Å². The smallest absolute Gasteiger partial charge is 0.324 e. The first-order valence-corrected chi connectivity index (χ1v) is 8.05. The summed E-state index contributed by atoms with van der Waals surface area (Å²) < 4.78 is 21.4. The van der Waals surface area contributed by atoms with Gasteiger partial charge in [-0.25, -0.2) is 0 Å². The molecule has 0 aliphatic heterocycles. The molecule has 0 unspecified atom stereocenters. The molecule has 94 valence electrons. The number of nitrogens with zero attached hydrogens (tertiary/aromatic N) is 1. The van der Waals surface area contributed by atoms with Crippen LogP contribution in [0.15, 0.2) is 0 Å². The van der Waals surface area contributed by atoms with Crippen LogP contribution in [0.5, 0.6) is 0 Å². The Morgan fingerprint density at radius 2 is 1.29 bits per heavy atom. The van der Waals surface area contributed by atoms with Gasteiger partial charge in [-0.2, -0.15) is 0 Å². The van der Waals surface area contributed by atoms with E-state index >= 15 is 0 Å². The van der Waals surface area contributed by atoms with Crippen molar-refractivity contribution in [3.63, 3.8) is 0 Å². The van der Waals surface area contributed by atoms with Gasteiger partial charge < -0.3 is 19.6 Å². The number of hydrogen-bond acceptors (Lipinski definition) is 3. The molecule has 0 fully saturated rings. The molecule has 0 aromatic heterocycles. The quantitative estimate of drug-likeness (QED) is 0.368. The largest absolute Gasteiger partial charge is 0.339 e. The first kappa shape index (κ1) is 25.5. The molecule has 0 atom stereocenters. The van der Waals surface area contributed by atoms with E-state index in [1.54, 1.807) is 0 Å². The molecule has 0 spiro atoms. The molecule has 7 nitrogen and oxygen atoms in total. The fraction of sp³-hybridized carbons (Fsp3) is 1.00. The molecule has 2 radical (unpaired) electrons. The van der Waals surface area contributed by atoms with E-state index in [-0.39, 0.29) is 109 Å². The summed E-state index contributed by atoms with van der Waals surface area (Å²) >= 11 is 0. The number of hydrogen-bond donors (Lipinski definition) is 4. The van der Waals surface area contributed by atoms with Gasteiger partial charge in [-0.05, 0) is 13.0 Å². The molecule has 0 aliphatic rings. The molecule has 4 N–H and O–H groups in total. The van der Waals surface area contributed by atoms with Gasteiger partial charge in [0.25, 0.3) is 0 Å². The van der Waals surface area contributed by atoms with Gasteiger partial charge >= 0.3 is 15.2 Å². The third kappa shape index (κ3) is 19.5. The van der Waals surface area contributed by atoms with Crippen molar-refractivity contribution in [2.45, 2.75) is 19.8 Å². The summed E-state index contributed by atoms with van der Waals surface area (Å²) in [5.74, 6) is 0.